The Labute approximate surface area is 225 Å². The number of carboxylic acid groups (broad SMARTS) is 1. The molecule has 0 saturated carbocycles. The van der Waals surface area contributed by atoms with E-state index in [1.54, 1.807) is 18.2 Å². The highest BCUT2D eigenvalue weighted by Gasteiger charge is 2.16. The predicted molar refractivity (Wildman–Crippen MR) is 154 cm³/mol. The molecule has 39 heavy (non-hydrogen) atoms. The lowest BCUT2D eigenvalue weighted by atomic mass is 10.1. The van der Waals surface area contributed by atoms with Crippen LogP contribution < -0.4 is 15.5 Å². The van der Waals surface area contributed by atoms with Crippen LogP contribution in [0.15, 0.2) is 121 Å². The number of fused-ring (bicyclic) bond motifs is 1. The van der Waals surface area contributed by atoms with Gasteiger partial charge in [0.1, 0.15) is 6.54 Å². The third-order valence-electron chi connectivity index (χ3n) is 6.17. The minimum absolute atomic E-state index is 0.00981. The van der Waals surface area contributed by atoms with Crippen molar-refractivity contribution in [2.75, 3.05) is 22.1 Å². The molecule has 0 aliphatic heterocycles. The molecule has 3 N–H and O–H groups in total. The lowest BCUT2D eigenvalue weighted by Gasteiger charge is -2.24. The summed E-state index contributed by atoms with van der Waals surface area (Å²) >= 11 is 0. The summed E-state index contributed by atoms with van der Waals surface area (Å²) in [5.74, 6) is -1.92. The summed E-state index contributed by atoms with van der Waals surface area (Å²) < 4.78 is 0. The summed E-state index contributed by atoms with van der Waals surface area (Å²) in [6.45, 7) is -0.00981. The van der Waals surface area contributed by atoms with Crippen LogP contribution in [0.2, 0.25) is 0 Å². The molecule has 5 aromatic rings. The quantitative estimate of drug-likeness (QED) is 0.217. The Morgan fingerprint density at radius 3 is 1.77 bits per heavy atom. The molecule has 0 aliphatic carbocycles. The molecule has 7 nitrogen and oxygen atoms in total. The van der Waals surface area contributed by atoms with Crippen molar-refractivity contribution in [3.63, 3.8) is 0 Å². The summed E-state index contributed by atoms with van der Waals surface area (Å²) in [6, 6.07) is 36.3. The summed E-state index contributed by atoms with van der Waals surface area (Å²) in [5.41, 5.74) is 2.55. The maximum Gasteiger partial charge on any atom is 0.335 e. The lowest BCUT2D eigenvalue weighted by Crippen LogP contribution is -2.29. The monoisotopic (exact) mass is 515 g/mol. The largest absolute Gasteiger partial charge is 0.478 e. The highest BCUT2D eigenvalue weighted by atomic mass is 16.4. The smallest absolute Gasteiger partial charge is 0.335 e. The number of nitrogens with one attached hydrogen (secondary N) is 2. The van der Waals surface area contributed by atoms with Crippen molar-refractivity contribution in [3.05, 3.63) is 132 Å². The molecule has 0 spiro atoms. The van der Waals surface area contributed by atoms with E-state index in [2.05, 4.69) is 10.6 Å². The van der Waals surface area contributed by atoms with Gasteiger partial charge in [-0.1, -0.05) is 66.7 Å². The van der Waals surface area contributed by atoms with Gasteiger partial charge in [0.15, 0.2) is 0 Å². The standard InChI is InChI=1S/C32H25N3O4/c36-30(21-35(28-11-3-1-4-12-28)29-13-5-2-6-14-29)33-26-18-25(32(38)39)19-27(20-26)34-31(37)24-16-15-22-9-7-8-10-23(22)17-24/h1-20H,21H2,(H,33,36)(H,34,37)(H,38,39). The Kier molecular flexibility index (Phi) is 7.32. The van der Waals surface area contributed by atoms with Gasteiger partial charge < -0.3 is 20.6 Å². The molecule has 7 heteroatoms. The fourth-order valence-corrected chi connectivity index (χ4v) is 4.32. The van der Waals surface area contributed by atoms with Gasteiger partial charge in [-0.2, -0.15) is 0 Å². The first-order valence-electron chi connectivity index (χ1n) is 12.3. The molecule has 0 heterocycles. The molecular formula is C32H25N3O4. The first-order valence-corrected chi connectivity index (χ1v) is 12.3. The van der Waals surface area contributed by atoms with E-state index >= 15 is 0 Å². The average molecular weight is 516 g/mol. The first kappa shape index (κ1) is 25.2. The van der Waals surface area contributed by atoms with Crippen LogP contribution >= 0.6 is 0 Å². The number of carbonyl (C=O) groups excluding carboxylic acids is 2. The van der Waals surface area contributed by atoms with Crippen LogP contribution in [0.1, 0.15) is 20.7 Å². The number of anilines is 4. The zero-order chi connectivity index (χ0) is 27.2. The number of carboxylic acids is 1. The van der Waals surface area contributed by atoms with Crippen LogP contribution in [0.5, 0.6) is 0 Å². The van der Waals surface area contributed by atoms with E-state index in [1.807, 2.05) is 95.9 Å². The summed E-state index contributed by atoms with van der Waals surface area (Å²) in [6.07, 6.45) is 0. The Morgan fingerprint density at radius 1 is 0.590 bits per heavy atom. The van der Waals surface area contributed by atoms with Crippen molar-refractivity contribution < 1.29 is 19.5 Å². The predicted octanol–water partition coefficient (Wildman–Crippen LogP) is 6.57. The molecule has 0 aromatic heterocycles. The number of hydrogen-bond acceptors (Lipinski definition) is 4. The van der Waals surface area contributed by atoms with Crippen molar-refractivity contribution in [1.29, 1.82) is 0 Å². The summed E-state index contributed by atoms with van der Waals surface area (Å²) in [4.78, 5) is 39.8. The van der Waals surface area contributed by atoms with Gasteiger partial charge in [-0.15, -0.1) is 0 Å². The first-order chi connectivity index (χ1) is 19.0. The van der Waals surface area contributed by atoms with Gasteiger partial charge in [0.05, 0.1) is 5.56 Å². The number of rotatable bonds is 8. The van der Waals surface area contributed by atoms with E-state index in [0.29, 0.717) is 5.56 Å². The number of amides is 2. The number of nitrogens with zero attached hydrogens (tertiary/aromatic N) is 1. The highest BCUT2D eigenvalue weighted by Crippen LogP contribution is 2.26. The third kappa shape index (κ3) is 6.11. The molecule has 0 unspecified atom stereocenters. The van der Waals surface area contributed by atoms with Gasteiger partial charge in [0.25, 0.3) is 5.91 Å². The summed E-state index contributed by atoms with van der Waals surface area (Å²) in [5, 5.41) is 17.1. The SMILES string of the molecule is O=C(CN(c1ccccc1)c1ccccc1)Nc1cc(NC(=O)c2ccc3ccccc3c2)cc(C(=O)O)c1. The normalized spacial score (nSPS) is 10.6. The highest BCUT2D eigenvalue weighted by molar-refractivity contribution is 6.07. The number of benzene rings is 5. The van der Waals surface area contributed by atoms with Gasteiger partial charge in [-0.05, 0) is 65.4 Å². The third-order valence-corrected chi connectivity index (χ3v) is 6.17. The van der Waals surface area contributed by atoms with Crippen LogP contribution in [-0.2, 0) is 4.79 Å². The van der Waals surface area contributed by atoms with E-state index in [-0.39, 0.29) is 35.3 Å². The van der Waals surface area contributed by atoms with Crippen LogP contribution in [-0.4, -0.2) is 29.4 Å². The Morgan fingerprint density at radius 2 is 1.15 bits per heavy atom. The van der Waals surface area contributed by atoms with Crippen LogP contribution in [0.4, 0.5) is 22.7 Å². The van der Waals surface area contributed by atoms with Gasteiger partial charge >= 0.3 is 5.97 Å². The topological polar surface area (TPSA) is 98.7 Å². The van der Waals surface area contributed by atoms with Gasteiger partial charge in [-0.25, -0.2) is 4.79 Å². The fraction of sp³-hybridized carbons (Fsp3) is 0.0312. The molecule has 2 amide bonds. The van der Waals surface area contributed by atoms with E-state index < -0.39 is 5.97 Å². The second kappa shape index (κ2) is 11.3. The molecule has 0 bridgehead atoms. The Hall–Kier alpha value is -5.43. The van der Waals surface area contributed by atoms with E-state index in [0.717, 1.165) is 22.1 Å². The number of carbonyl (C=O) groups is 3. The van der Waals surface area contributed by atoms with Crippen molar-refractivity contribution >= 4 is 51.3 Å². The van der Waals surface area contributed by atoms with Crippen LogP contribution in [0, 0.1) is 0 Å². The van der Waals surface area contributed by atoms with Crippen molar-refractivity contribution in [2.24, 2.45) is 0 Å². The van der Waals surface area contributed by atoms with Gasteiger partial charge in [0.2, 0.25) is 5.91 Å². The van der Waals surface area contributed by atoms with Gasteiger partial charge in [-0.3, -0.25) is 9.59 Å². The minimum atomic E-state index is -1.18. The average Bonchev–Trinajstić information content (AvgIpc) is 2.96. The number of para-hydroxylation sites is 2. The molecule has 5 rings (SSSR count). The van der Waals surface area contributed by atoms with Crippen molar-refractivity contribution in [2.45, 2.75) is 0 Å². The molecule has 5 aromatic carbocycles. The van der Waals surface area contributed by atoms with E-state index in [4.69, 9.17) is 0 Å². The summed E-state index contributed by atoms with van der Waals surface area (Å²) in [7, 11) is 0. The molecular weight excluding hydrogens is 490 g/mol. The van der Waals surface area contributed by atoms with E-state index in [1.165, 1.54) is 12.1 Å². The molecule has 0 atom stereocenters. The molecule has 0 saturated heterocycles. The Bertz CT molecular complexity index is 1610. The van der Waals surface area contributed by atoms with Gasteiger partial charge in [0, 0.05) is 28.3 Å². The maximum absolute atomic E-state index is 13.1. The Balaban J connectivity index is 1.37. The van der Waals surface area contributed by atoms with Crippen molar-refractivity contribution in [1.82, 2.24) is 0 Å². The van der Waals surface area contributed by atoms with E-state index in [9.17, 15) is 19.5 Å². The zero-order valence-electron chi connectivity index (χ0n) is 20.9. The molecule has 0 aliphatic rings. The number of hydrogen-bond donors (Lipinski definition) is 3. The zero-order valence-corrected chi connectivity index (χ0v) is 20.9. The maximum atomic E-state index is 13.1. The lowest BCUT2D eigenvalue weighted by molar-refractivity contribution is -0.114. The molecule has 0 fully saturated rings. The second-order valence-corrected chi connectivity index (χ2v) is 8.93. The van der Waals surface area contributed by atoms with Crippen molar-refractivity contribution in [3.8, 4) is 0 Å². The fourth-order valence-electron chi connectivity index (χ4n) is 4.32. The van der Waals surface area contributed by atoms with Crippen LogP contribution in [0.3, 0.4) is 0 Å². The molecule has 0 radical (unpaired) electrons. The second-order valence-electron chi connectivity index (χ2n) is 8.93. The van der Waals surface area contributed by atoms with Crippen LogP contribution in [0.25, 0.3) is 10.8 Å². The molecule has 192 valence electrons. The number of aromatic carboxylic acids is 1. The minimum Gasteiger partial charge on any atom is -0.478 e.